The Morgan fingerprint density at radius 3 is 2.26 bits per heavy atom. The van der Waals surface area contributed by atoms with Crippen LogP contribution in [0.1, 0.15) is 23.6 Å². The molecule has 0 saturated heterocycles. The van der Waals surface area contributed by atoms with Crippen LogP contribution < -0.4 is 15.5 Å². The van der Waals surface area contributed by atoms with E-state index in [0.717, 1.165) is 39.7 Å². The lowest BCUT2D eigenvalue weighted by Crippen LogP contribution is -2.20. The summed E-state index contributed by atoms with van der Waals surface area (Å²) in [5.74, 6) is 1.55. The second-order valence-corrected chi connectivity index (χ2v) is 8.08. The fraction of sp³-hybridized carbons (Fsp3) is 0.259. The quantitative estimate of drug-likeness (QED) is 0.163. The van der Waals surface area contributed by atoms with Gasteiger partial charge in [0.25, 0.3) is 0 Å². The number of amidine groups is 1. The molecule has 2 N–H and O–H groups in total. The van der Waals surface area contributed by atoms with E-state index in [2.05, 4.69) is 15.7 Å². The van der Waals surface area contributed by atoms with Crippen LogP contribution in [0.2, 0.25) is 5.02 Å². The number of rotatable bonds is 11. The highest BCUT2D eigenvalue weighted by Crippen LogP contribution is 2.22. The van der Waals surface area contributed by atoms with Crippen molar-refractivity contribution in [2.75, 3.05) is 33.2 Å². The molecule has 3 rings (SSSR count). The lowest BCUT2D eigenvalue weighted by molar-refractivity contribution is -0.0936. The van der Waals surface area contributed by atoms with Gasteiger partial charge in [0.15, 0.2) is 6.29 Å². The topological polar surface area (TPSA) is 76.5 Å². The van der Waals surface area contributed by atoms with Crippen LogP contribution in [0.5, 0.6) is 5.75 Å². The van der Waals surface area contributed by atoms with Gasteiger partial charge < -0.3 is 25.0 Å². The highest BCUT2D eigenvalue weighted by Gasteiger charge is 2.13. The summed E-state index contributed by atoms with van der Waals surface area (Å²) < 4.78 is 15.7. The molecule has 0 aliphatic rings. The summed E-state index contributed by atoms with van der Waals surface area (Å²) in [4.78, 5) is 4.53. The van der Waals surface area contributed by atoms with Crippen LogP contribution in [0, 0.1) is 0 Å². The lowest BCUT2D eigenvalue weighted by Gasteiger charge is -2.16. The Bertz CT molecular complexity index is 1130. The molecule has 0 aliphatic carbocycles. The van der Waals surface area contributed by atoms with Crippen LogP contribution in [0.4, 0.5) is 5.69 Å². The summed E-state index contributed by atoms with van der Waals surface area (Å²) in [7, 11) is 4.84. The first-order valence-corrected chi connectivity index (χ1v) is 11.5. The van der Waals surface area contributed by atoms with Crippen LogP contribution in [0.3, 0.4) is 0 Å². The van der Waals surface area contributed by atoms with Crippen molar-refractivity contribution in [1.29, 1.82) is 0 Å². The van der Waals surface area contributed by atoms with Crippen molar-refractivity contribution in [2.45, 2.75) is 19.8 Å². The first-order valence-electron chi connectivity index (χ1n) is 11.2. The van der Waals surface area contributed by atoms with Crippen molar-refractivity contribution in [3.05, 3.63) is 94.5 Å². The number of benzene rings is 3. The molecule has 0 amide bonds. The second-order valence-electron chi connectivity index (χ2n) is 7.65. The van der Waals surface area contributed by atoms with Gasteiger partial charge in [0, 0.05) is 36.1 Å². The number of anilines is 1. The number of hydrazone groups is 1. The van der Waals surface area contributed by atoms with Gasteiger partial charge in [-0.25, -0.2) is 0 Å². The number of halogens is 1. The number of aliphatic imine (C=N–C) groups is 1. The van der Waals surface area contributed by atoms with E-state index < -0.39 is 6.29 Å². The second kappa shape index (κ2) is 13.5. The molecule has 0 heterocycles. The number of methoxy groups -OCH3 is 3. The Balaban J connectivity index is 1.88. The molecule has 0 atom stereocenters. The molecule has 0 bridgehead atoms. The maximum absolute atomic E-state index is 6.14. The van der Waals surface area contributed by atoms with Crippen molar-refractivity contribution < 1.29 is 14.2 Å². The molecule has 0 unspecified atom stereocenters. The van der Waals surface area contributed by atoms with Gasteiger partial charge in [0.2, 0.25) is 0 Å². The molecule has 184 valence electrons. The largest absolute Gasteiger partial charge is 0.497 e. The summed E-state index contributed by atoms with van der Waals surface area (Å²) in [6, 6.07) is 23.5. The molecular formula is C27H31ClN4O3. The zero-order valence-electron chi connectivity index (χ0n) is 20.4. The molecular weight excluding hydrogens is 464 g/mol. The summed E-state index contributed by atoms with van der Waals surface area (Å²) >= 11 is 6.14. The third-order valence-corrected chi connectivity index (χ3v) is 5.50. The van der Waals surface area contributed by atoms with Gasteiger partial charge in [-0.15, -0.1) is 0 Å². The Hall–Kier alpha value is -3.39. The van der Waals surface area contributed by atoms with E-state index in [1.807, 2.05) is 79.7 Å². The Morgan fingerprint density at radius 2 is 1.60 bits per heavy atom. The monoisotopic (exact) mass is 494 g/mol. The van der Waals surface area contributed by atoms with Crippen LogP contribution in [0.25, 0.3) is 0 Å². The number of nitrogens with one attached hydrogen (secondary N) is 2. The van der Waals surface area contributed by atoms with E-state index in [0.29, 0.717) is 18.1 Å². The van der Waals surface area contributed by atoms with Gasteiger partial charge >= 0.3 is 0 Å². The van der Waals surface area contributed by atoms with Gasteiger partial charge in [-0.1, -0.05) is 54.1 Å². The average Bonchev–Trinajstić information content (AvgIpc) is 2.89. The summed E-state index contributed by atoms with van der Waals surface area (Å²) in [5.41, 5.74) is 7.80. The molecule has 0 spiro atoms. The van der Waals surface area contributed by atoms with Gasteiger partial charge in [-0.2, -0.15) is 5.10 Å². The lowest BCUT2D eigenvalue weighted by atomic mass is 10.0. The minimum atomic E-state index is -0.393. The van der Waals surface area contributed by atoms with Crippen molar-refractivity contribution in [3.63, 3.8) is 0 Å². The molecule has 0 aromatic heterocycles. The Labute approximate surface area is 211 Å². The van der Waals surface area contributed by atoms with E-state index in [4.69, 9.17) is 30.9 Å². The third-order valence-electron chi connectivity index (χ3n) is 5.25. The smallest absolute Gasteiger partial charge is 0.176 e. The maximum Gasteiger partial charge on any atom is 0.176 e. The van der Waals surface area contributed by atoms with Gasteiger partial charge in [-0.05, 0) is 42.8 Å². The molecule has 3 aromatic rings. The van der Waals surface area contributed by atoms with Crippen LogP contribution >= 0.6 is 11.6 Å². The number of hydrogen-bond donors (Lipinski definition) is 2. The molecule has 7 nitrogen and oxygen atoms in total. The predicted molar refractivity (Wildman–Crippen MR) is 143 cm³/mol. The van der Waals surface area contributed by atoms with Gasteiger partial charge in [-0.3, -0.25) is 4.99 Å². The number of nitrogens with zero attached hydrogens (tertiary/aromatic N) is 2. The molecule has 3 aromatic carbocycles. The first kappa shape index (κ1) is 26.2. The number of ether oxygens (including phenoxy) is 3. The van der Waals surface area contributed by atoms with Crippen molar-refractivity contribution in [3.8, 4) is 5.75 Å². The third kappa shape index (κ3) is 7.82. The zero-order chi connectivity index (χ0) is 25.0. The zero-order valence-corrected chi connectivity index (χ0v) is 21.2. The van der Waals surface area contributed by atoms with Gasteiger partial charge in [0.1, 0.15) is 5.75 Å². The average molecular weight is 495 g/mol. The number of para-hydroxylation sites is 1. The minimum absolute atomic E-state index is 0.384. The van der Waals surface area contributed by atoms with Crippen molar-refractivity contribution in [2.24, 2.45) is 10.1 Å². The SMILES string of the molecule is COc1ccc(CN/N=C(/c2ccc(Cl)cc2)c2ccccc2NC(C)=NCC(OC)OC)cc1. The predicted octanol–water partition coefficient (Wildman–Crippen LogP) is 5.34. The Kier molecular flexibility index (Phi) is 10.1. The van der Waals surface area contributed by atoms with Gasteiger partial charge in [0.05, 0.1) is 31.7 Å². The fourth-order valence-corrected chi connectivity index (χ4v) is 3.46. The fourth-order valence-electron chi connectivity index (χ4n) is 3.33. The van der Waals surface area contributed by atoms with Crippen LogP contribution in [0.15, 0.2) is 82.9 Å². The minimum Gasteiger partial charge on any atom is -0.497 e. The summed E-state index contributed by atoms with van der Waals surface area (Å²) in [5, 5.41) is 8.83. The summed E-state index contributed by atoms with van der Waals surface area (Å²) in [6.07, 6.45) is -0.393. The van der Waals surface area contributed by atoms with E-state index in [1.54, 1.807) is 21.3 Å². The normalized spacial score (nSPS) is 12.1. The Morgan fingerprint density at radius 1 is 0.914 bits per heavy atom. The maximum atomic E-state index is 6.14. The molecule has 0 saturated carbocycles. The molecule has 0 aliphatic heterocycles. The highest BCUT2D eigenvalue weighted by molar-refractivity contribution is 6.30. The molecule has 35 heavy (non-hydrogen) atoms. The van der Waals surface area contributed by atoms with E-state index in [9.17, 15) is 0 Å². The molecule has 0 radical (unpaired) electrons. The van der Waals surface area contributed by atoms with Crippen molar-refractivity contribution in [1.82, 2.24) is 5.43 Å². The van der Waals surface area contributed by atoms with Crippen LogP contribution in [-0.4, -0.2) is 45.7 Å². The summed E-state index contributed by atoms with van der Waals surface area (Å²) in [6.45, 7) is 2.85. The van der Waals surface area contributed by atoms with Crippen molar-refractivity contribution >= 4 is 28.8 Å². The van der Waals surface area contributed by atoms with E-state index in [-0.39, 0.29) is 0 Å². The van der Waals surface area contributed by atoms with Crippen LogP contribution in [-0.2, 0) is 16.0 Å². The highest BCUT2D eigenvalue weighted by atomic mass is 35.5. The first-order chi connectivity index (χ1) is 17.0. The molecule has 0 fully saturated rings. The van der Waals surface area contributed by atoms with E-state index in [1.165, 1.54) is 0 Å². The molecule has 8 heteroatoms. The standard InChI is InChI=1S/C27H31ClN4O3/c1-19(29-18-26(34-3)35-4)31-25-8-6-5-7-24(25)27(21-11-13-22(28)14-12-21)32-30-17-20-9-15-23(33-2)16-10-20/h5-16,26,30H,17-18H2,1-4H3,(H,29,31)/b32-27-. The number of hydrogen-bond acceptors (Lipinski definition) is 6. The van der Waals surface area contributed by atoms with E-state index >= 15 is 0 Å².